The standard InChI is InChI=1S/C12H20N4OS/c1-9(17)14-12-15-10(8-18-12)7-16(2)11-4-3-5-13-6-11/h8,11,13H,3-7H2,1-2H3,(H,14,15,17). The normalized spacial score (nSPS) is 20.1. The van der Waals surface area contributed by atoms with Crippen LogP contribution < -0.4 is 10.6 Å². The van der Waals surface area contributed by atoms with Crippen molar-refractivity contribution in [2.45, 2.75) is 32.4 Å². The molecular weight excluding hydrogens is 248 g/mol. The van der Waals surface area contributed by atoms with Crippen molar-refractivity contribution in [3.63, 3.8) is 0 Å². The highest BCUT2D eigenvalue weighted by Gasteiger charge is 2.18. The number of anilines is 1. The van der Waals surface area contributed by atoms with E-state index in [1.54, 1.807) is 0 Å². The van der Waals surface area contributed by atoms with Crippen molar-refractivity contribution in [3.8, 4) is 0 Å². The lowest BCUT2D eigenvalue weighted by Gasteiger charge is -2.31. The summed E-state index contributed by atoms with van der Waals surface area (Å²) in [6, 6.07) is 0.588. The minimum atomic E-state index is -0.0688. The highest BCUT2D eigenvalue weighted by Crippen LogP contribution is 2.18. The summed E-state index contributed by atoms with van der Waals surface area (Å²) in [5, 5.41) is 8.83. The smallest absolute Gasteiger partial charge is 0.223 e. The lowest BCUT2D eigenvalue weighted by Crippen LogP contribution is -2.43. The van der Waals surface area contributed by atoms with Gasteiger partial charge >= 0.3 is 0 Å². The molecule has 1 saturated heterocycles. The lowest BCUT2D eigenvalue weighted by atomic mass is 10.1. The Labute approximate surface area is 112 Å². The molecule has 1 aliphatic heterocycles. The molecule has 100 valence electrons. The van der Waals surface area contributed by atoms with Crippen molar-refractivity contribution in [2.24, 2.45) is 0 Å². The van der Waals surface area contributed by atoms with E-state index in [4.69, 9.17) is 0 Å². The second-order valence-corrected chi connectivity index (χ2v) is 5.60. The topological polar surface area (TPSA) is 57.3 Å². The maximum absolute atomic E-state index is 10.9. The molecular formula is C12H20N4OS. The number of aromatic nitrogens is 1. The van der Waals surface area contributed by atoms with Gasteiger partial charge in [0.15, 0.2) is 5.13 Å². The van der Waals surface area contributed by atoms with Gasteiger partial charge < -0.3 is 10.6 Å². The van der Waals surface area contributed by atoms with Crippen LogP contribution in [0.4, 0.5) is 5.13 Å². The van der Waals surface area contributed by atoms with E-state index in [1.165, 1.54) is 31.1 Å². The van der Waals surface area contributed by atoms with Crippen LogP contribution in [0.2, 0.25) is 0 Å². The molecule has 1 aromatic heterocycles. The summed E-state index contributed by atoms with van der Waals surface area (Å²) in [7, 11) is 2.13. The second kappa shape index (κ2) is 6.26. The molecule has 1 unspecified atom stereocenters. The van der Waals surface area contributed by atoms with Gasteiger partial charge in [0.2, 0.25) is 5.91 Å². The van der Waals surface area contributed by atoms with E-state index < -0.39 is 0 Å². The Balaban J connectivity index is 1.87. The Hall–Kier alpha value is -0.980. The average Bonchev–Trinajstić information content (AvgIpc) is 2.76. The van der Waals surface area contributed by atoms with Crippen LogP contribution in [0.3, 0.4) is 0 Å². The van der Waals surface area contributed by atoms with Crippen LogP contribution >= 0.6 is 11.3 Å². The number of hydrogen-bond acceptors (Lipinski definition) is 5. The monoisotopic (exact) mass is 268 g/mol. The Morgan fingerprint density at radius 2 is 2.56 bits per heavy atom. The van der Waals surface area contributed by atoms with E-state index in [0.29, 0.717) is 11.2 Å². The van der Waals surface area contributed by atoms with Gasteiger partial charge in [0.05, 0.1) is 5.69 Å². The fraction of sp³-hybridized carbons (Fsp3) is 0.667. The summed E-state index contributed by atoms with van der Waals surface area (Å²) >= 11 is 1.48. The molecule has 0 aliphatic carbocycles. The predicted octanol–water partition coefficient (Wildman–Crippen LogP) is 1.29. The minimum Gasteiger partial charge on any atom is -0.315 e. The van der Waals surface area contributed by atoms with Gasteiger partial charge in [-0.3, -0.25) is 9.69 Å². The first-order valence-electron chi connectivity index (χ1n) is 6.28. The van der Waals surface area contributed by atoms with E-state index >= 15 is 0 Å². The van der Waals surface area contributed by atoms with Crippen LogP contribution in [0.1, 0.15) is 25.5 Å². The van der Waals surface area contributed by atoms with Crippen LogP contribution in [0.25, 0.3) is 0 Å². The number of carbonyl (C=O) groups is 1. The summed E-state index contributed by atoms with van der Waals surface area (Å²) in [4.78, 5) is 17.7. The van der Waals surface area contributed by atoms with E-state index in [2.05, 4.69) is 27.6 Å². The maximum atomic E-state index is 10.9. The van der Waals surface area contributed by atoms with Gasteiger partial charge in [-0.15, -0.1) is 11.3 Å². The summed E-state index contributed by atoms with van der Waals surface area (Å²) in [6.45, 7) is 4.52. The van der Waals surface area contributed by atoms with Gasteiger partial charge in [0, 0.05) is 31.4 Å². The van der Waals surface area contributed by atoms with Gasteiger partial charge in [-0.05, 0) is 26.4 Å². The van der Waals surface area contributed by atoms with E-state index in [1.807, 2.05) is 5.38 Å². The summed E-state index contributed by atoms with van der Waals surface area (Å²) < 4.78 is 0. The molecule has 5 nitrogen and oxygen atoms in total. The molecule has 0 aromatic carbocycles. The SMILES string of the molecule is CC(=O)Nc1nc(CN(C)C2CCCNC2)cs1. The molecule has 0 radical (unpaired) electrons. The van der Waals surface area contributed by atoms with E-state index in [0.717, 1.165) is 25.3 Å². The quantitative estimate of drug-likeness (QED) is 0.864. The van der Waals surface area contributed by atoms with Gasteiger partial charge in [-0.1, -0.05) is 0 Å². The Bertz CT molecular complexity index is 401. The van der Waals surface area contributed by atoms with Crippen LogP contribution in [0, 0.1) is 0 Å². The fourth-order valence-corrected chi connectivity index (χ4v) is 2.93. The number of likely N-dealkylation sites (N-methyl/N-ethyl adjacent to an activating group) is 1. The highest BCUT2D eigenvalue weighted by atomic mass is 32.1. The van der Waals surface area contributed by atoms with Crippen molar-refractivity contribution in [1.29, 1.82) is 0 Å². The van der Waals surface area contributed by atoms with Crippen LogP contribution in [-0.4, -0.2) is 42.0 Å². The van der Waals surface area contributed by atoms with Crippen molar-refractivity contribution >= 4 is 22.4 Å². The first kappa shape index (κ1) is 13.5. The van der Waals surface area contributed by atoms with E-state index in [9.17, 15) is 4.79 Å². The zero-order valence-electron chi connectivity index (χ0n) is 10.9. The van der Waals surface area contributed by atoms with Crippen molar-refractivity contribution in [1.82, 2.24) is 15.2 Å². The summed E-state index contributed by atoms with van der Waals surface area (Å²) in [5.41, 5.74) is 1.02. The molecule has 1 atom stereocenters. The van der Waals surface area contributed by atoms with Gasteiger partial charge in [0.1, 0.15) is 0 Å². The molecule has 1 aromatic rings. The van der Waals surface area contributed by atoms with Gasteiger partial charge in [-0.25, -0.2) is 4.98 Å². The molecule has 18 heavy (non-hydrogen) atoms. The molecule has 2 rings (SSSR count). The van der Waals surface area contributed by atoms with E-state index in [-0.39, 0.29) is 5.91 Å². The Kier molecular flexibility index (Phi) is 4.68. The van der Waals surface area contributed by atoms with Crippen LogP contribution in [-0.2, 0) is 11.3 Å². The van der Waals surface area contributed by atoms with Crippen LogP contribution in [0.15, 0.2) is 5.38 Å². The maximum Gasteiger partial charge on any atom is 0.223 e. The largest absolute Gasteiger partial charge is 0.315 e. The number of nitrogens with one attached hydrogen (secondary N) is 2. The minimum absolute atomic E-state index is 0.0688. The average molecular weight is 268 g/mol. The third-order valence-corrected chi connectivity index (χ3v) is 3.95. The molecule has 0 saturated carbocycles. The number of piperidine rings is 1. The first-order valence-corrected chi connectivity index (χ1v) is 7.16. The predicted molar refractivity (Wildman–Crippen MR) is 73.8 cm³/mol. The van der Waals surface area contributed by atoms with Gasteiger partial charge in [-0.2, -0.15) is 0 Å². The Morgan fingerprint density at radius 3 is 3.22 bits per heavy atom. The molecule has 0 bridgehead atoms. The highest BCUT2D eigenvalue weighted by molar-refractivity contribution is 7.13. The number of amides is 1. The molecule has 1 fully saturated rings. The first-order chi connectivity index (χ1) is 8.65. The molecule has 2 N–H and O–H groups in total. The molecule has 6 heteroatoms. The summed E-state index contributed by atoms with van der Waals surface area (Å²) in [6.07, 6.45) is 2.48. The van der Waals surface area contributed by atoms with Crippen molar-refractivity contribution < 1.29 is 4.79 Å². The number of hydrogen-bond donors (Lipinski definition) is 2. The second-order valence-electron chi connectivity index (χ2n) is 4.74. The number of nitrogens with zero attached hydrogens (tertiary/aromatic N) is 2. The molecule has 2 heterocycles. The lowest BCUT2D eigenvalue weighted by molar-refractivity contribution is -0.114. The Morgan fingerprint density at radius 1 is 1.72 bits per heavy atom. The third-order valence-electron chi connectivity index (χ3n) is 3.14. The number of rotatable bonds is 4. The van der Waals surface area contributed by atoms with Crippen molar-refractivity contribution in [3.05, 3.63) is 11.1 Å². The fourth-order valence-electron chi connectivity index (χ4n) is 2.18. The number of carbonyl (C=O) groups excluding carboxylic acids is 1. The zero-order chi connectivity index (χ0) is 13.0. The van der Waals surface area contributed by atoms with Crippen LogP contribution in [0.5, 0.6) is 0 Å². The van der Waals surface area contributed by atoms with Crippen molar-refractivity contribution in [2.75, 3.05) is 25.5 Å². The number of thiazole rings is 1. The molecule has 1 amide bonds. The molecule has 1 aliphatic rings. The summed E-state index contributed by atoms with van der Waals surface area (Å²) in [5.74, 6) is -0.0688. The zero-order valence-corrected chi connectivity index (χ0v) is 11.7. The van der Waals surface area contributed by atoms with Gasteiger partial charge in [0.25, 0.3) is 0 Å². The third kappa shape index (κ3) is 3.76. The molecule has 0 spiro atoms.